The number of nitrogens with one attached hydrogen (secondary N) is 1. The smallest absolute Gasteiger partial charge is 0.224 e. The fourth-order valence-electron chi connectivity index (χ4n) is 6.12. The van der Waals surface area contributed by atoms with E-state index in [9.17, 15) is 15.0 Å². The normalized spacial score (nSPS) is 29.4. The molecular formula is C27H32Cl2N2O3. The van der Waals surface area contributed by atoms with Gasteiger partial charge in [-0.25, -0.2) is 0 Å². The molecule has 0 aromatic heterocycles. The molecule has 2 saturated carbocycles. The summed E-state index contributed by atoms with van der Waals surface area (Å²) in [7, 11) is 0. The molecule has 1 aliphatic heterocycles. The molecule has 3 fully saturated rings. The molecule has 2 unspecified atom stereocenters. The van der Waals surface area contributed by atoms with Crippen LogP contribution in [0.4, 0.5) is 0 Å². The third-order valence-corrected chi connectivity index (χ3v) is 8.80. The van der Waals surface area contributed by atoms with Crippen molar-refractivity contribution in [1.82, 2.24) is 10.2 Å². The monoisotopic (exact) mass is 502 g/mol. The van der Waals surface area contributed by atoms with Gasteiger partial charge in [0.25, 0.3) is 0 Å². The fourth-order valence-corrected chi connectivity index (χ4v) is 6.44. The summed E-state index contributed by atoms with van der Waals surface area (Å²) in [5, 5.41) is 26.4. The van der Waals surface area contributed by atoms with Gasteiger partial charge in [-0.05, 0) is 86.4 Å². The minimum absolute atomic E-state index is 0.0483. The Hall–Kier alpha value is -1.79. The van der Waals surface area contributed by atoms with Crippen LogP contribution in [0.15, 0.2) is 42.5 Å². The van der Waals surface area contributed by atoms with E-state index in [2.05, 4.69) is 10.2 Å². The molecule has 1 amide bonds. The largest absolute Gasteiger partial charge is 0.508 e. The molecule has 1 saturated heterocycles. The zero-order valence-corrected chi connectivity index (χ0v) is 20.8. The predicted molar refractivity (Wildman–Crippen MR) is 134 cm³/mol. The van der Waals surface area contributed by atoms with E-state index in [4.69, 9.17) is 23.2 Å². The van der Waals surface area contributed by atoms with Gasteiger partial charge in [0, 0.05) is 24.5 Å². The number of phenols is 1. The van der Waals surface area contributed by atoms with Gasteiger partial charge in [0.1, 0.15) is 5.75 Å². The number of hydrogen-bond acceptors (Lipinski definition) is 4. The molecule has 2 aliphatic carbocycles. The summed E-state index contributed by atoms with van der Waals surface area (Å²) < 4.78 is 0. The summed E-state index contributed by atoms with van der Waals surface area (Å²) >= 11 is 12.1. The van der Waals surface area contributed by atoms with Crippen LogP contribution in [0.1, 0.15) is 49.7 Å². The second-order valence-electron chi connectivity index (χ2n) is 10.5. The van der Waals surface area contributed by atoms with Gasteiger partial charge < -0.3 is 20.4 Å². The number of halogens is 2. The van der Waals surface area contributed by atoms with Crippen molar-refractivity contribution in [1.29, 1.82) is 0 Å². The lowest BCUT2D eigenvalue weighted by molar-refractivity contribution is -0.133. The molecule has 3 aliphatic rings. The number of carbonyl (C=O) groups is 1. The van der Waals surface area contributed by atoms with Crippen LogP contribution in [-0.2, 0) is 16.6 Å². The average molecular weight is 503 g/mol. The minimum atomic E-state index is -0.890. The standard InChI is InChI=1S/C27H32Cl2N2O3/c28-23-7-6-19(12-24(23)29)13-25(33)30-21-8-9-27(34)17-31(16-18-4-5-18)11-10-26(27,15-21)20-2-1-3-22(32)14-20/h1-3,6-7,12,14,18,21,32,34H,4-5,8-11,13,15-17H2,(H,30,33)/t21-,26?,27?/m0/s1. The summed E-state index contributed by atoms with van der Waals surface area (Å²) in [6.45, 7) is 2.61. The minimum Gasteiger partial charge on any atom is -0.508 e. The van der Waals surface area contributed by atoms with Gasteiger partial charge in [-0.1, -0.05) is 41.4 Å². The van der Waals surface area contributed by atoms with Crippen LogP contribution in [0.2, 0.25) is 10.0 Å². The molecule has 7 heteroatoms. The third-order valence-electron chi connectivity index (χ3n) is 8.06. The topological polar surface area (TPSA) is 72.8 Å². The highest BCUT2D eigenvalue weighted by Gasteiger charge is 2.57. The summed E-state index contributed by atoms with van der Waals surface area (Å²) in [5.74, 6) is 0.917. The summed E-state index contributed by atoms with van der Waals surface area (Å²) in [5.41, 5.74) is 0.379. The molecule has 1 heterocycles. The van der Waals surface area contributed by atoms with Crippen LogP contribution in [0, 0.1) is 5.92 Å². The van der Waals surface area contributed by atoms with E-state index in [0.29, 0.717) is 29.4 Å². The van der Waals surface area contributed by atoms with Crippen LogP contribution in [0.5, 0.6) is 5.75 Å². The second kappa shape index (κ2) is 9.34. The zero-order chi connectivity index (χ0) is 23.9. The SMILES string of the molecule is O=C(Cc1ccc(Cl)c(Cl)c1)N[C@H]1CCC2(O)CN(CC3CC3)CCC2(c2cccc(O)c2)C1. The van der Waals surface area contributed by atoms with Crippen molar-refractivity contribution in [2.24, 2.45) is 5.92 Å². The number of aromatic hydroxyl groups is 1. The van der Waals surface area contributed by atoms with Crippen LogP contribution in [0.25, 0.3) is 0 Å². The van der Waals surface area contributed by atoms with E-state index < -0.39 is 11.0 Å². The molecule has 0 radical (unpaired) electrons. The number of β-amino-alcohol motifs (C(OH)–C–C–N with tert-alkyl or cyclic N) is 1. The van der Waals surface area contributed by atoms with Gasteiger partial charge in [0.2, 0.25) is 5.91 Å². The lowest BCUT2D eigenvalue weighted by Crippen LogP contribution is -2.67. The molecule has 2 aromatic carbocycles. The number of fused-ring (bicyclic) bond motifs is 1. The van der Waals surface area contributed by atoms with Crippen LogP contribution in [-0.4, -0.2) is 52.3 Å². The van der Waals surface area contributed by atoms with Crippen molar-refractivity contribution < 1.29 is 15.0 Å². The van der Waals surface area contributed by atoms with Crippen LogP contribution < -0.4 is 5.32 Å². The van der Waals surface area contributed by atoms with E-state index in [0.717, 1.165) is 43.0 Å². The number of nitrogens with zero attached hydrogens (tertiary/aromatic N) is 1. The first-order chi connectivity index (χ1) is 16.3. The van der Waals surface area contributed by atoms with E-state index in [1.165, 1.54) is 12.8 Å². The Kier molecular flexibility index (Phi) is 6.58. The molecule has 0 spiro atoms. The van der Waals surface area contributed by atoms with Crippen molar-refractivity contribution >= 4 is 29.1 Å². The number of aliphatic hydroxyl groups is 1. The number of amides is 1. The molecule has 5 rings (SSSR count). The number of benzene rings is 2. The molecule has 3 N–H and O–H groups in total. The molecule has 34 heavy (non-hydrogen) atoms. The van der Waals surface area contributed by atoms with Gasteiger partial charge in [-0.3, -0.25) is 4.79 Å². The van der Waals surface area contributed by atoms with Gasteiger partial charge in [-0.2, -0.15) is 0 Å². The number of rotatable bonds is 6. The zero-order valence-electron chi connectivity index (χ0n) is 19.3. The molecule has 0 bridgehead atoms. The average Bonchev–Trinajstić information content (AvgIpc) is 3.60. The highest BCUT2D eigenvalue weighted by atomic mass is 35.5. The van der Waals surface area contributed by atoms with Crippen LogP contribution in [0.3, 0.4) is 0 Å². The van der Waals surface area contributed by atoms with Crippen molar-refractivity contribution in [2.75, 3.05) is 19.6 Å². The Morgan fingerprint density at radius 2 is 1.91 bits per heavy atom. The lowest BCUT2D eigenvalue weighted by atomic mass is 9.55. The first kappa shape index (κ1) is 23.9. The third kappa shape index (κ3) is 4.81. The van der Waals surface area contributed by atoms with Crippen LogP contribution >= 0.6 is 23.2 Å². The van der Waals surface area contributed by atoms with E-state index in [1.54, 1.807) is 24.3 Å². The quantitative estimate of drug-likeness (QED) is 0.535. The van der Waals surface area contributed by atoms with Gasteiger partial charge >= 0.3 is 0 Å². The molecule has 3 atom stereocenters. The number of phenolic OH excluding ortho intramolecular Hbond substituents is 1. The fraction of sp³-hybridized carbons (Fsp3) is 0.519. The Balaban J connectivity index is 1.35. The number of piperidine rings is 1. The van der Waals surface area contributed by atoms with Crippen molar-refractivity contribution in [3.8, 4) is 5.75 Å². The lowest BCUT2D eigenvalue weighted by Gasteiger charge is -2.58. The highest BCUT2D eigenvalue weighted by Crippen LogP contribution is 2.52. The van der Waals surface area contributed by atoms with E-state index in [1.807, 2.05) is 18.2 Å². The maximum absolute atomic E-state index is 12.9. The predicted octanol–water partition coefficient (Wildman–Crippen LogP) is 4.70. The van der Waals surface area contributed by atoms with E-state index in [-0.39, 0.29) is 24.1 Å². The molecular weight excluding hydrogens is 471 g/mol. The first-order valence-corrected chi connectivity index (χ1v) is 13.0. The number of carbonyl (C=O) groups excluding carboxylic acids is 1. The van der Waals surface area contributed by atoms with Crippen molar-refractivity contribution in [3.63, 3.8) is 0 Å². The first-order valence-electron chi connectivity index (χ1n) is 12.2. The Morgan fingerprint density at radius 3 is 2.65 bits per heavy atom. The highest BCUT2D eigenvalue weighted by molar-refractivity contribution is 6.42. The summed E-state index contributed by atoms with van der Waals surface area (Å²) in [6.07, 6.45) is 5.60. The summed E-state index contributed by atoms with van der Waals surface area (Å²) in [6, 6.07) is 12.5. The Labute approximate surface area is 211 Å². The molecule has 5 nitrogen and oxygen atoms in total. The molecule has 2 aromatic rings. The Bertz CT molecular complexity index is 1080. The number of likely N-dealkylation sites (tertiary alicyclic amines) is 1. The van der Waals surface area contributed by atoms with Gasteiger partial charge in [-0.15, -0.1) is 0 Å². The van der Waals surface area contributed by atoms with Crippen molar-refractivity contribution in [3.05, 3.63) is 63.6 Å². The van der Waals surface area contributed by atoms with Gasteiger partial charge in [0.15, 0.2) is 0 Å². The maximum atomic E-state index is 12.9. The number of hydrogen-bond donors (Lipinski definition) is 3. The van der Waals surface area contributed by atoms with E-state index >= 15 is 0 Å². The maximum Gasteiger partial charge on any atom is 0.224 e. The Morgan fingerprint density at radius 1 is 1.09 bits per heavy atom. The second-order valence-corrected chi connectivity index (χ2v) is 11.3. The summed E-state index contributed by atoms with van der Waals surface area (Å²) in [4.78, 5) is 15.3. The molecule has 182 valence electrons. The van der Waals surface area contributed by atoms with Gasteiger partial charge in [0.05, 0.1) is 22.1 Å². The van der Waals surface area contributed by atoms with Crippen molar-refractivity contribution in [2.45, 2.75) is 62.0 Å².